The van der Waals surface area contributed by atoms with Gasteiger partial charge in [0.2, 0.25) is 5.91 Å². The van der Waals surface area contributed by atoms with Crippen molar-refractivity contribution < 1.29 is 14.7 Å². The highest BCUT2D eigenvalue weighted by Crippen LogP contribution is 2.14. The van der Waals surface area contributed by atoms with Crippen molar-refractivity contribution in [3.8, 4) is 0 Å². The van der Waals surface area contributed by atoms with Gasteiger partial charge in [-0.05, 0) is 26.7 Å². The lowest BCUT2D eigenvalue weighted by atomic mass is 9.94. The van der Waals surface area contributed by atoms with Crippen LogP contribution in [-0.4, -0.2) is 22.5 Å². The van der Waals surface area contributed by atoms with Gasteiger partial charge in [-0.15, -0.1) is 0 Å². The van der Waals surface area contributed by atoms with Crippen LogP contribution in [0.1, 0.15) is 40.5 Å². The number of carbonyl (C=O) groups is 2. The molecule has 0 aliphatic carbocycles. The fourth-order valence-corrected chi connectivity index (χ4v) is 0.945. The zero-order valence-corrected chi connectivity index (χ0v) is 9.26. The van der Waals surface area contributed by atoms with E-state index in [0.29, 0.717) is 0 Å². The number of nitrogens with one attached hydrogen (secondary N) is 1. The molecule has 1 atom stereocenters. The molecule has 2 N–H and O–H groups in total. The van der Waals surface area contributed by atoms with Gasteiger partial charge in [0.1, 0.15) is 5.92 Å². The average Bonchev–Trinajstić information content (AvgIpc) is 2.16. The largest absolute Gasteiger partial charge is 0.481 e. The lowest BCUT2D eigenvalue weighted by molar-refractivity contribution is -0.146. The van der Waals surface area contributed by atoms with Crippen molar-refractivity contribution in [1.29, 1.82) is 0 Å². The number of carboxylic acid groups (broad SMARTS) is 1. The highest BCUT2D eigenvalue weighted by molar-refractivity contribution is 5.96. The van der Waals surface area contributed by atoms with E-state index < -0.39 is 17.8 Å². The maximum absolute atomic E-state index is 11.4. The Labute approximate surface area is 84.7 Å². The first-order valence-electron chi connectivity index (χ1n) is 4.91. The lowest BCUT2D eigenvalue weighted by Gasteiger charge is -2.29. The van der Waals surface area contributed by atoms with Crippen LogP contribution in [0.5, 0.6) is 0 Å². The fourth-order valence-electron chi connectivity index (χ4n) is 0.945. The minimum absolute atomic E-state index is 0.291. The van der Waals surface area contributed by atoms with Gasteiger partial charge in [-0.2, -0.15) is 0 Å². The van der Waals surface area contributed by atoms with Crippen molar-refractivity contribution in [2.24, 2.45) is 5.92 Å². The average molecular weight is 201 g/mol. The molecule has 0 aromatic rings. The number of carbonyl (C=O) groups excluding carboxylic acids is 1. The second-order valence-corrected chi connectivity index (χ2v) is 3.82. The summed E-state index contributed by atoms with van der Waals surface area (Å²) in [6.07, 6.45) is 1.59. The third kappa shape index (κ3) is 3.36. The minimum Gasteiger partial charge on any atom is -0.481 e. The van der Waals surface area contributed by atoms with Crippen LogP contribution in [0.25, 0.3) is 0 Å². The van der Waals surface area contributed by atoms with Crippen molar-refractivity contribution in [2.45, 2.75) is 46.1 Å². The van der Waals surface area contributed by atoms with Gasteiger partial charge in [-0.3, -0.25) is 9.59 Å². The zero-order valence-electron chi connectivity index (χ0n) is 9.26. The minimum atomic E-state index is -1.09. The number of hydrogen-bond donors (Lipinski definition) is 2. The Hall–Kier alpha value is -1.06. The first-order valence-corrected chi connectivity index (χ1v) is 4.91. The van der Waals surface area contributed by atoms with Crippen molar-refractivity contribution in [3.05, 3.63) is 0 Å². The van der Waals surface area contributed by atoms with Gasteiger partial charge in [-0.25, -0.2) is 0 Å². The number of aliphatic carboxylic acids is 1. The molecule has 0 spiro atoms. The van der Waals surface area contributed by atoms with Crippen LogP contribution in [0.4, 0.5) is 0 Å². The number of rotatable bonds is 5. The van der Waals surface area contributed by atoms with Gasteiger partial charge >= 0.3 is 5.97 Å². The smallest absolute Gasteiger partial charge is 0.315 e. The Morgan fingerprint density at radius 3 is 2.07 bits per heavy atom. The van der Waals surface area contributed by atoms with Crippen LogP contribution in [0.3, 0.4) is 0 Å². The van der Waals surface area contributed by atoms with Crippen molar-refractivity contribution in [3.63, 3.8) is 0 Å². The van der Waals surface area contributed by atoms with E-state index in [9.17, 15) is 9.59 Å². The summed E-state index contributed by atoms with van der Waals surface area (Å²) in [5.41, 5.74) is -0.291. The summed E-state index contributed by atoms with van der Waals surface area (Å²) in [7, 11) is 0. The number of amides is 1. The van der Waals surface area contributed by atoms with E-state index in [4.69, 9.17) is 5.11 Å². The normalized spacial score (nSPS) is 13.4. The molecule has 0 fully saturated rings. The van der Waals surface area contributed by atoms with Crippen LogP contribution in [0.2, 0.25) is 0 Å². The monoisotopic (exact) mass is 201 g/mol. The van der Waals surface area contributed by atoms with E-state index in [2.05, 4.69) is 5.32 Å². The van der Waals surface area contributed by atoms with Gasteiger partial charge in [-0.1, -0.05) is 13.8 Å². The first kappa shape index (κ1) is 12.9. The van der Waals surface area contributed by atoms with E-state index in [1.165, 1.54) is 6.92 Å². The predicted octanol–water partition coefficient (Wildman–Crippen LogP) is 1.40. The number of carboxylic acids is 1. The SMILES string of the molecule is CCC(C)(CC)NC(=O)C(C)C(=O)O. The van der Waals surface area contributed by atoms with Crippen LogP contribution in [-0.2, 0) is 9.59 Å². The molecule has 0 bridgehead atoms. The van der Waals surface area contributed by atoms with E-state index in [-0.39, 0.29) is 5.54 Å². The molecule has 0 aromatic heterocycles. The topological polar surface area (TPSA) is 66.4 Å². The molecule has 0 aliphatic heterocycles. The standard InChI is InChI=1S/C10H19NO3/c1-5-10(4,6-2)11-8(12)7(3)9(13)14/h7H,5-6H2,1-4H3,(H,11,12)(H,13,14). The Kier molecular flexibility index (Phi) is 4.60. The summed E-state index contributed by atoms with van der Waals surface area (Å²) >= 11 is 0. The molecular formula is C10H19NO3. The third-order valence-corrected chi connectivity index (χ3v) is 2.75. The second kappa shape index (κ2) is 4.98. The summed E-state index contributed by atoms with van der Waals surface area (Å²) in [5.74, 6) is -2.48. The molecule has 0 saturated carbocycles. The molecule has 1 unspecified atom stereocenters. The third-order valence-electron chi connectivity index (χ3n) is 2.75. The van der Waals surface area contributed by atoms with Crippen molar-refractivity contribution >= 4 is 11.9 Å². The van der Waals surface area contributed by atoms with Crippen LogP contribution in [0, 0.1) is 5.92 Å². The van der Waals surface area contributed by atoms with Crippen LogP contribution in [0.15, 0.2) is 0 Å². The Morgan fingerprint density at radius 1 is 1.36 bits per heavy atom. The van der Waals surface area contributed by atoms with Gasteiger partial charge < -0.3 is 10.4 Å². The predicted molar refractivity (Wildman–Crippen MR) is 53.9 cm³/mol. The molecule has 4 nitrogen and oxygen atoms in total. The van der Waals surface area contributed by atoms with Crippen molar-refractivity contribution in [2.75, 3.05) is 0 Å². The first-order chi connectivity index (χ1) is 6.36. The number of hydrogen-bond acceptors (Lipinski definition) is 2. The van der Waals surface area contributed by atoms with Crippen LogP contribution < -0.4 is 5.32 Å². The van der Waals surface area contributed by atoms with Gasteiger partial charge in [0.15, 0.2) is 0 Å². The lowest BCUT2D eigenvalue weighted by Crippen LogP contribution is -2.48. The van der Waals surface area contributed by atoms with E-state index in [0.717, 1.165) is 12.8 Å². The molecule has 4 heteroatoms. The van der Waals surface area contributed by atoms with E-state index >= 15 is 0 Å². The van der Waals surface area contributed by atoms with Gasteiger partial charge in [0, 0.05) is 5.54 Å². The van der Waals surface area contributed by atoms with Crippen LogP contribution >= 0.6 is 0 Å². The summed E-state index contributed by atoms with van der Waals surface area (Å²) in [6.45, 7) is 7.24. The highest BCUT2D eigenvalue weighted by atomic mass is 16.4. The summed E-state index contributed by atoms with van der Waals surface area (Å²) in [6, 6.07) is 0. The van der Waals surface area contributed by atoms with Gasteiger partial charge in [0.25, 0.3) is 0 Å². The Bertz CT molecular complexity index is 221. The van der Waals surface area contributed by atoms with E-state index in [1.807, 2.05) is 20.8 Å². The molecule has 1 amide bonds. The molecule has 0 radical (unpaired) electrons. The molecule has 0 aliphatic rings. The Balaban J connectivity index is 4.37. The molecule has 0 saturated heterocycles. The molecule has 0 heterocycles. The maximum atomic E-state index is 11.4. The molecule has 14 heavy (non-hydrogen) atoms. The maximum Gasteiger partial charge on any atom is 0.315 e. The molecule has 82 valence electrons. The summed E-state index contributed by atoms with van der Waals surface area (Å²) in [5, 5.41) is 11.4. The Morgan fingerprint density at radius 2 is 1.79 bits per heavy atom. The zero-order chi connectivity index (χ0) is 11.4. The summed E-state index contributed by atoms with van der Waals surface area (Å²) in [4.78, 5) is 22.0. The highest BCUT2D eigenvalue weighted by Gasteiger charge is 2.27. The summed E-state index contributed by atoms with van der Waals surface area (Å²) < 4.78 is 0. The van der Waals surface area contributed by atoms with Gasteiger partial charge in [0.05, 0.1) is 0 Å². The molecular weight excluding hydrogens is 182 g/mol. The fraction of sp³-hybridized carbons (Fsp3) is 0.800. The van der Waals surface area contributed by atoms with E-state index in [1.54, 1.807) is 0 Å². The molecule has 0 rings (SSSR count). The quantitative estimate of drug-likeness (QED) is 0.661. The molecule has 0 aromatic carbocycles. The van der Waals surface area contributed by atoms with Crippen molar-refractivity contribution in [1.82, 2.24) is 5.32 Å². The second-order valence-electron chi connectivity index (χ2n) is 3.82.